The average Bonchev–Trinajstić information content (AvgIpc) is 3.60. The molecule has 0 aliphatic rings. The van der Waals surface area contributed by atoms with Gasteiger partial charge in [0.15, 0.2) is 0 Å². The molecule has 0 saturated heterocycles. The van der Waals surface area contributed by atoms with Crippen molar-refractivity contribution in [2.45, 2.75) is 0 Å². The number of fused-ring (bicyclic) bond motifs is 5. The third kappa shape index (κ3) is 4.86. The molecule has 1 heteroatoms. The van der Waals surface area contributed by atoms with Gasteiger partial charge in [0.25, 0.3) is 0 Å². The third-order valence-corrected chi connectivity index (χ3v) is 10.3. The highest BCUT2D eigenvalue weighted by Gasteiger charge is 2.22. The van der Waals surface area contributed by atoms with Gasteiger partial charge in [-0.2, -0.15) is 0 Å². The summed E-state index contributed by atoms with van der Waals surface area (Å²) in [4.78, 5) is 0. The van der Waals surface area contributed by atoms with E-state index in [2.05, 4.69) is 194 Å². The molecule has 0 amide bonds. The molecule has 0 unspecified atom stereocenters. The van der Waals surface area contributed by atoms with E-state index in [-0.39, 0.29) is 0 Å². The molecule has 0 aliphatic carbocycles. The van der Waals surface area contributed by atoms with Crippen LogP contribution in [-0.2, 0) is 0 Å². The van der Waals surface area contributed by atoms with E-state index in [1.165, 1.54) is 66.1 Å². The molecular formula is C50H32O. The molecule has 9 aromatic carbocycles. The Morgan fingerprint density at radius 2 is 0.745 bits per heavy atom. The molecule has 10 aromatic rings. The maximum absolute atomic E-state index is 6.86. The fourth-order valence-electron chi connectivity index (χ4n) is 7.96. The van der Waals surface area contributed by atoms with E-state index in [0.717, 1.165) is 33.1 Å². The van der Waals surface area contributed by atoms with E-state index >= 15 is 0 Å². The van der Waals surface area contributed by atoms with E-state index in [4.69, 9.17) is 4.42 Å². The van der Waals surface area contributed by atoms with E-state index in [1.807, 2.05) is 0 Å². The van der Waals surface area contributed by atoms with Gasteiger partial charge in [-0.25, -0.2) is 0 Å². The number of hydrogen-bond donors (Lipinski definition) is 0. The van der Waals surface area contributed by atoms with Gasteiger partial charge in [-0.3, -0.25) is 0 Å². The Kier molecular flexibility index (Phi) is 6.89. The van der Waals surface area contributed by atoms with Gasteiger partial charge in [-0.1, -0.05) is 176 Å². The van der Waals surface area contributed by atoms with E-state index in [0.29, 0.717) is 0 Å². The van der Waals surface area contributed by atoms with Crippen molar-refractivity contribution in [1.29, 1.82) is 0 Å². The van der Waals surface area contributed by atoms with Crippen LogP contribution < -0.4 is 0 Å². The Morgan fingerprint density at radius 1 is 0.275 bits per heavy atom. The summed E-state index contributed by atoms with van der Waals surface area (Å²) in [6, 6.07) is 69.8. The van der Waals surface area contributed by atoms with Crippen molar-refractivity contribution in [3.8, 4) is 55.6 Å². The Hall–Kier alpha value is -6.70. The maximum atomic E-state index is 6.86. The molecule has 0 radical (unpaired) electrons. The summed E-state index contributed by atoms with van der Waals surface area (Å²) < 4.78 is 6.86. The molecule has 0 N–H and O–H groups in total. The monoisotopic (exact) mass is 648 g/mol. The molecular weight excluding hydrogens is 617 g/mol. The summed E-state index contributed by atoms with van der Waals surface area (Å²) in [6.45, 7) is 0. The standard InChI is InChI=1S/C50H32O/c1-4-15-33(16-5-1)35-27-29-37(30-28-35)47-39-21-10-12-23-41(39)48(42-24-13-11-22-40(42)47)43-25-14-26-46-49(43)45-32-38(34-17-6-2-7-18-34)31-44(50(45)51-46)36-19-8-3-9-20-36/h1-32H. The average molecular weight is 649 g/mol. The summed E-state index contributed by atoms with van der Waals surface area (Å²) in [6.07, 6.45) is 0. The van der Waals surface area contributed by atoms with Crippen LogP contribution in [0.1, 0.15) is 0 Å². The van der Waals surface area contributed by atoms with Crippen LogP contribution in [0, 0.1) is 0 Å². The topological polar surface area (TPSA) is 13.1 Å². The van der Waals surface area contributed by atoms with Crippen LogP contribution in [-0.4, -0.2) is 0 Å². The van der Waals surface area contributed by atoms with Gasteiger partial charge in [0.1, 0.15) is 11.2 Å². The predicted molar refractivity (Wildman–Crippen MR) is 216 cm³/mol. The van der Waals surface area contributed by atoms with E-state index in [9.17, 15) is 0 Å². The number of hydrogen-bond acceptors (Lipinski definition) is 1. The van der Waals surface area contributed by atoms with Gasteiger partial charge >= 0.3 is 0 Å². The second-order valence-electron chi connectivity index (χ2n) is 13.2. The quantitative estimate of drug-likeness (QED) is 0.169. The zero-order valence-corrected chi connectivity index (χ0v) is 27.9. The summed E-state index contributed by atoms with van der Waals surface area (Å²) in [5, 5.41) is 7.18. The number of furan rings is 1. The first-order valence-electron chi connectivity index (χ1n) is 17.5. The highest BCUT2D eigenvalue weighted by molar-refractivity contribution is 6.26. The fourth-order valence-corrected chi connectivity index (χ4v) is 7.96. The lowest BCUT2D eigenvalue weighted by Crippen LogP contribution is -1.91. The van der Waals surface area contributed by atoms with Gasteiger partial charge in [0.2, 0.25) is 0 Å². The van der Waals surface area contributed by atoms with Crippen LogP contribution in [0.3, 0.4) is 0 Å². The minimum absolute atomic E-state index is 0.888. The minimum atomic E-state index is 0.888. The van der Waals surface area contributed by atoms with Crippen molar-refractivity contribution in [2.24, 2.45) is 0 Å². The number of benzene rings is 9. The van der Waals surface area contributed by atoms with Gasteiger partial charge < -0.3 is 4.42 Å². The highest BCUT2D eigenvalue weighted by atomic mass is 16.3. The maximum Gasteiger partial charge on any atom is 0.143 e. The zero-order chi connectivity index (χ0) is 33.7. The SMILES string of the molecule is c1ccc(-c2ccc(-c3c4ccccc4c(-c4cccc5oc6c(-c7ccccc7)cc(-c7ccccc7)cc6c45)c4ccccc34)cc2)cc1. The predicted octanol–water partition coefficient (Wildman–Crippen LogP) is 14.2. The van der Waals surface area contributed by atoms with Crippen LogP contribution in [0.15, 0.2) is 199 Å². The van der Waals surface area contributed by atoms with Crippen LogP contribution in [0.25, 0.3) is 99.1 Å². The zero-order valence-electron chi connectivity index (χ0n) is 27.9. The Bertz CT molecular complexity index is 2810. The van der Waals surface area contributed by atoms with E-state index in [1.54, 1.807) is 0 Å². The summed E-state index contributed by atoms with van der Waals surface area (Å²) in [5.41, 5.74) is 13.7. The molecule has 0 bridgehead atoms. The van der Waals surface area contributed by atoms with E-state index < -0.39 is 0 Å². The van der Waals surface area contributed by atoms with Gasteiger partial charge in [0.05, 0.1) is 0 Å². The summed E-state index contributed by atoms with van der Waals surface area (Å²) in [5.74, 6) is 0. The molecule has 0 spiro atoms. The van der Waals surface area contributed by atoms with Crippen LogP contribution >= 0.6 is 0 Å². The van der Waals surface area contributed by atoms with Crippen molar-refractivity contribution in [2.75, 3.05) is 0 Å². The van der Waals surface area contributed by atoms with Crippen LogP contribution in [0.2, 0.25) is 0 Å². The lowest BCUT2D eigenvalue weighted by molar-refractivity contribution is 0.670. The lowest BCUT2D eigenvalue weighted by atomic mass is 9.84. The molecule has 51 heavy (non-hydrogen) atoms. The Labute approximate surface area is 296 Å². The largest absolute Gasteiger partial charge is 0.455 e. The normalized spacial score (nSPS) is 11.5. The third-order valence-electron chi connectivity index (χ3n) is 10.3. The van der Waals surface area contributed by atoms with Crippen molar-refractivity contribution >= 4 is 43.5 Å². The molecule has 0 saturated carbocycles. The molecule has 0 fully saturated rings. The molecule has 0 atom stereocenters. The summed E-state index contributed by atoms with van der Waals surface area (Å²) in [7, 11) is 0. The molecule has 1 aromatic heterocycles. The highest BCUT2D eigenvalue weighted by Crippen LogP contribution is 2.48. The smallest absolute Gasteiger partial charge is 0.143 e. The van der Waals surface area contributed by atoms with Gasteiger partial charge in [0, 0.05) is 16.3 Å². The molecule has 0 aliphatic heterocycles. The first kappa shape index (κ1) is 29.2. The Morgan fingerprint density at radius 3 is 1.33 bits per heavy atom. The molecule has 238 valence electrons. The number of rotatable bonds is 5. The Balaban J connectivity index is 1.27. The van der Waals surface area contributed by atoms with Crippen molar-refractivity contribution in [3.63, 3.8) is 0 Å². The first-order chi connectivity index (χ1) is 25.3. The first-order valence-corrected chi connectivity index (χ1v) is 17.5. The summed E-state index contributed by atoms with van der Waals surface area (Å²) >= 11 is 0. The van der Waals surface area contributed by atoms with Crippen LogP contribution in [0.5, 0.6) is 0 Å². The van der Waals surface area contributed by atoms with Crippen molar-refractivity contribution in [1.82, 2.24) is 0 Å². The lowest BCUT2D eigenvalue weighted by Gasteiger charge is -2.18. The molecule has 10 rings (SSSR count). The van der Waals surface area contributed by atoms with Crippen molar-refractivity contribution in [3.05, 3.63) is 194 Å². The van der Waals surface area contributed by atoms with Gasteiger partial charge in [-0.15, -0.1) is 0 Å². The van der Waals surface area contributed by atoms with Crippen molar-refractivity contribution < 1.29 is 4.42 Å². The second-order valence-corrected chi connectivity index (χ2v) is 13.2. The second kappa shape index (κ2) is 12.0. The molecule has 1 nitrogen and oxygen atoms in total. The minimum Gasteiger partial charge on any atom is -0.455 e. The van der Waals surface area contributed by atoms with Gasteiger partial charge in [-0.05, 0) is 89.8 Å². The fraction of sp³-hybridized carbons (Fsp3) is 0. The van der Waals surface area contributed by atoms with Crippen LogP contribution in [0.4, 0.5) is 0 Å². The molecule has 1 heterocycles.